The molecule has 0 fully saturated rings. The number of para-hydroxylation sites is 1. The highest BCUT2D eigenvalue weighted by molar-refractivity contribution is 7.26. The van der Waals surface area contributed by atoms with Gasteiger partial charge in [0, 0.05) is 6.20 Å². The molecule has 0 spiro atoms. The highest BCUT2D eigenvalue weighted by Crippen LogP contribution is 2.35. The molecule has 1 amide bonds. The molecule has 0 radical (unpaired) electrons. The van der Waals surface area contributed by atoms with E-state index in [1.165, 1.54) is 22.7 Å². The highest BCUT2D eigenvalue weighted by Gasteiger charge is 2.31. The monoisotopic (exact) mass is 497 g/mol. The molecule has 164 valence electrons. The fraction of sp³-hybridized carbons (Fsp3) is 0.100. The van der Waals surface area contributed by atoms with Crippen LogP contribution in [0.2, 0.25) is 5.02 Å². The van der Waals surface area contributed by atoms with Gasteiger partial charge in [0.05, 0.1) is 25.7 Å². The number of esters is 1. The van der Waals surface area contributed by atoms with Crippen molar-refractivity contribution in [1.29, 1.82) is 0 Å². The number of nitrogens with zero attached hydrogens (tertiary/aromatic N) is 2. The highest BCUT2D eigenvalue weighted by atomic mass is 35.5. The van der Waals surface area contributed by atoms with E-state index in [1.54, 1.807) is 12.1 Å². The summed E-state index contributed by atoms with van der Waals surface area (Å²) in [5.74, 6) is -1.78. The fourth-order valence-corrected chi connectivity index (χ4v) is 4.73. The first kappa shape index (κ1) is 22.2. The van der Waals surface area contributed by atoms with Crippen LogP contribution >= 0.6 is 34.3 Å². The molecule has 1 aromatic carbocycles. The molecule has 0 saturated carbocycles. The van der Waals surface area contributed by atoms with E-state index in [0.29, 0.717) is 12.3 Å². The number of rotatable bonds is 5. The predicted octanol–water partition coefficient (Wildman–Crippen LogP) is 5.89. The average molecular weight is 498 g/mol. The molecule has 3 aromatic heterocycles. The molecule has 0 aliphatic rings. The lowest BCUT2D eigenvalue weighted by molar-refractivity contribution is -0.137. The van der Waals surface area contributed by atoms with E-state index < -0.39 is 35.2 Å². The Kier molecular flexibility index (Phi) is 6.13. The number of pyridine rings is 1. The van der Waals surface area contributed by atoms with Gasteiger partial charge in [0.1, 0.15) is 9.88 Å². The third-order valence-electron chi connectivity index (χ3n) is 4.07. The molecule has 32 heavy (non-hydrogen) atoms. The van der Waals surface area contributed by atoms with Crippen molar-refractivity contribution in [2.75, 3.05) is 11.9 Å². The van der Waals surface area contributed by atoms with E-state index in [9.17, 15) is 22.8 Å². The number of anilines is 1. The Balaban J connectivity index is 1.36. The molecule has 0 atom stereocenters. The quantitative estimate of drug-likeness (QED) is 0.348. The van der Waals surface area contributed by atoms with Crippen LogP contribution in [0.15, 0.2) is 48.7 Å². The van der Waals surface area contributed by atoms with Crippen LogP contribution in [0, 0.1) is 0 Å². The van der Waals surface area contributed by atoms with Crippen LogP contribution in [-0.4, -0.2) is 28.5 Å². The number of hydrogen-bond donors (Lipinski definition) is 1. The summed E-state index contributed by atoms with van der Waals surface area (Å²) in [7, 11) is 0. The summed E-state index contributed by atoms with van der Waals surface area (Å²) in [6.07, 6.45) is -4.07. The third-order valence-corrected chi connectivity index (χ3v) is 6.63. The lowest BCUT2D eigenvalue weighted by Crippen LogP contribution is -2.21. The second kappa shape index (κ2) is 8.85. The number of thiazole rings is 1. The molecule has 0 saturated heterocycles. The molecular formula is C20H11ClF3N3O3S2. The van der Waals surface area contributed by atoms with E-state index in [4.69, 9.17) is 16.3 Å². The topological polar surface area (TPSA) is 81.2 Å². The SMILES string of the molecule is O=C(COC(=O)c1ccc(-c2nc3ccccc3s2)s1)Nc1ncc(C(F)(F)F)cc1Cl. The number of halogens is 4. The maximum Gasteiger partial charge on any atom is 0.417 e. The normalized spacial score (nSPS) is 11.5. The van der Waals surface area contributed by atoms with Crippen molar-refractivity contribution in [2.24, 2.45) is 0 Å². The van der Waals surface area contributed by atoms with E-state index in [0.717, 1.165) is 20.1 Å². The molecular weight excluding hydrogens is 487 g/mol. The number of fused-ring (bicyclic) bond motifs is 1. The Morgan fingerprint density at radius 3 is 2.62 bits per heavy atom. The van der Waals surface area contributed by atoms with Gasteiger partial charge in [-0.15, -0.1) is 22.7 Å². The first-order valence-corrected chi connectivity index (χ1v) is 10.9. The van der Waals surface area contributed by atoms with Crippen molar-refractivity contribution in [1.82, 2.24) is 9.97 Å². The van der Waals surface area contributed by atoms with Crippen LogP contribution in [0.4, 0.5) is 19.0 Å². The summed E-state index contributed by atoms with van der Waals surface area (Å²) in [6, 6.07) is 11.6. The largest absolute Gasteiger partial charge is 0.451 e. The zero-order valence-corrected chi connectivity index (χ0v) is 18.2. The van der Waals surface area contributed by atoms with E-state index in [2.05, 4.69) is 15.3 Å². The van der Waals surface area contributed by atoms with Crippen molar-refractivity contribution in [3.05, 3.63) is 64.1 Å². The number of carbonyl (C=O) groups is 2. The van der Waals surface area contributed by atoms with Crippen molar-refractivity contribution in [3.63, 3.8) is 0 Å². The van der Waals surface area contributed by atoms with Crippen molar-refractivity contribution < 1.29 is 27.5 Å². The van der Waals surface area contributed by atoms with Crippen LogP contribution in [-0.2, 0) is 15.7 Å². The standard InChI is InChI=1S/C20H11ClF3N3O3S2/c21-11-7-10(20(22,23)24)8-25-17(11)27-16(28)9-30-19(29)15-6-5-14(31-15)18-26-12-3-1-2-4-13(12)32-18/h1-8H,9H2,(H,25,27,28). The van der Waals surface area contributed by atoms with Crippen LogP contribution < -0.4 is 5.32 Å². The Labute approximate surface area is 191 Å². The minimum atomic E-state index is -4.61. The molecule has 0 aliphatic heterocycles. The zero-order valence-electron chi connectivity index (χ0n) is 15.8. The minimum absolute atomic E-state index is 0.269. The Hall–Kier alpha value is -3.02. The third kappa shape index (κ3) is 4.90. The second-order valence-corrected chi connectivity index (χ2v) is 8.85. The van der Waals surface area contributed by atoms with Crippen LogP contribution in [0.25, 0.3) is 20.1 Å². The summed E-state index contributed by atoms with van der Waals surface area (Å²) in [6.45, 7) is -0.660. The van der Waals surface area contributed by atoms with Crippen LogP contribution in [0.5, 0.6) is 0 Å². The number of nitrogens with one attached hydrogen (secondary N) is 1. The summed E-state index contributed by atoms with van der Waals surface area (Å²) < 4.78 is 44.0. The number of alkyl halides is 3. The van der Waals surface area contributed by atoms with E-state index in [-0.39, 0.29) is 10.7 Å². The summed E-state index contributed by atoms with van der Waals surface area (Å²) in [5.41, 5.74) is -0.189. The van der Waals surface area contributed by atoms with Crippen LogP contribution in [0.3, 0.4) is 0 Å². The minimum Gasteiger partial charge on any atom is -0.451 e. The molecule has 6 nitrogen and oxygen atoms in total. The number of ether oxygens (including phenoxy) is 1. The zero-order chi connectivity index (χ0) is 22.9. The van der Waals surface area contributed by atoms with Gasteiger partial charge in [0.2, 0.25) is 0 Å². The first-order valence-electron chi connectivity index (χ1n) is 8.86. The summed E-state index contributed by atoms with van der Waals surface area (Å²) >= 11 is 8.41. The summed E-state index contributed by atoms with van der Waals surface area (Å²) in [4.78, 5) is 33.3. The van der Waals surface area contributed by atoms with Gasteiger partial charge in [-0.05, 0) is 30.3 Å². The number of amides is 1. The van der Waals surface area contributed by atoms with E-state index >= 15 is 0 Å². The number of hydrogen-bond acceptors (Lipinski definition) is 7. The first-order chi connectivity index (χ1) is 15.2. The number of benzene rings is 1. The number of thiophene rings is 1. The molecule has 0 aliphatic carbocycles. The molecule has 12 heteroatoms. The van der Waals surface area contributed by atoms with Gasteiger partial charge >= 0.3 is 12.1 Å². The molecule has 0 unspecified atom stereocenters. The van der Waals surface area contributed by atoms with Gasteiger partial charge in [0.15, 0.2) is 12.4 Å². The van der Waals surface area contributed by atoms with Crippen LogP contribution in [0.1, 0.15) is 15.2 Å². The number of aromatic nitrogens is 2. The van der Waals surface area contributed by atoms with Gasteiger partial charge < -0.3 is 10.1 Å². The lowest BCUT2D eigenvalue weighted by Gasteiger charge is -2.10. The maximum atomic E-state index is 12.7. The molecule has 4 rings (SSSR count). The van der Waals surface area contributed by atoms with Gasteiger partial charge in [-0.25, -0.2) is 14.8 Å². The maximum absolute atomic E-state index is 12.7. The van der Waals surface area contributed by atoms with Gasteiger partial charge in [0.25, 0.3) is 5.91 Å². The van der Waals surface area contributed by atoms with Gasteiger partial charge in [-0.3, -0.25) is 4.79 Å². The van der Waals surface area contributed by atoms with Crippen molar-refractivity contribution in [2.45, 2.75) is 6.18 Å². The van der Waals surface area contributed by atoms with Crippen molar-refractivity contribution >= 4 is 62.2 Å². The molecule has 1 N–H and O–H groups in total. The van der Waals surface area contributed by atoms with E-state index in [1.807, 2.05) is 24.3 Å². The Bertz CT molecular complexity index is 1290. The average Bonchev–Trinajstić information content (AvgIpc) is 3.39. The van der Waals surface area contributed by atoms with Gasteiger partial charge in [-0.2, -0.15) is 13.2 Å². The Morgan fingerprint density at radius 2 is 1.91 bits per heavy atom. The molecule has 0 bridgehead atoms. The Morgan fingerprint density at radius 1 is 1.12 bits per heavy atom. The predicted molar refractivity (Wildman–Crippen MR) is 116 cm³/mol. The molecule has 4 aromatic rings. The lowest BCUT2D eigenvalue weighted by atomic mass is 10.3. The smallest absolute Gasteiger partial charge is 0.417 e. The van der Waals surface area contributed by atoms with Crippen molar-refractivity contribution in [3.8, 4) is 9.88 Å². The molecule has 3 heterocycles. The summed E-state index contributed by atoms with van der Waals surface area (Å²) in [5, 5.41) is 2.58. The van der Waals surface area contributed by atoms with Gasteiger partial charge in [-0.1, -0.05) is 23.7 Å². The number of carbonyl (C=O) groups excluding carboxylic acids is 2. The second-order valence-electron chi connectivity index (χ2n) is 6.33. The fourth-order valence-electron chi connectivity index (χ4n) is 2.60.